The van der Waals surface area contributed by atoms with Gasteiger partial charge in [-0.25, -0.2) is 4.79 Å². The third-order valence-corrected chi connectivity index (χ3v) is 1.65. The lowest BCUT2D eigenvalue weighted by Crippen LogP contribution is -2.15. The summed E-state index contributed by atoms with van der Waals surface area (Å²) in [6.07, 6.45) is 5.06. The second kappa shape index (κ2) is 3.71. The Morgan fingerprint density at radius 2 is 2.31 bits per heavy atom. The van der Waals surface area contributed by atoms with E-state index < -0.39 is 5.69 Å². The van der Waals surface area contributed by atoms with E-state index in [4.69, 9.17) is 5.73 Å². The van der Waals surface area contributed by atoms with Crippen molar-refractivity contribution in [1.29, 1.82) is 0 Å². The Morgan fingerprint density at radius 1 is 1.62 bits per heavy atom. The molecule has 0 spiro atoms. The minimum atomic E-state index is -0.438. The fourth-order valence-corrected chi connectivity index (χ4v) is 0.899. The van der Waals surface area contributed by atoms with Crippen LogP contribution in [0.4, 0.5) is 5.82 Å². The number of nitrogens with one attached hydrogen (secondary N) is 1. The van der Waals surface area contributed by atoms with Gasteiger partial charge in [0.1, 0.15) is 5.82 Å². The maximum absolute atomic E-state index is 10.9. The van der Waals surface area contributed by atoms with E-state index in [1.807, 2.05) is 0 Å². The average molecular weight is 177 g/mol. The lowest BCUT2D eigenvalue weighted by molar-refractivity contribution is 1.05. The van der Waals surface area contributed by atoms with Gasteiger partial charge in [-0.1, -0.05) is 18.7 Å². The Bertz CT molecular complexity index is 404. The topological polar surface area (TPSA) is 71.8 Å². The van der Waals surface area contributed by atoms with Crippen LogP contribution in [0.25, 0.3) is 6.08 Å². The molecule has 0 unspecified atom stereocenters. The molecule has 68 valence electrons. The predicted octanol–water partition coefficient (Wildman–Crippen LogP) is 0.860. The zero-order valence-electron chi connectivity index (χ0n) is 7.37. The van der Waals surface area contributed by atoms with Gasteiger partial charge in [0, 0.05) is 11.3 Å². The van der Waals surface area contributed by atoms with Crippen LogP contribution in [-0.4, -0.2) is 9.97 Å². The molecule has 0 fully saturated rings. The van der Waals surface area contributed by atoms with Crippen molar-refractivity contribution in [1.82, 2.24) is 9.97 Å². The van der Waals surface area contributed by atoms with Crippen LogP contribution < -0.4 is 11.4 Å². The van der Waals surface area contributed by atoms with Crippen LogP contribution in [-0.2, 0) is 0 Å². The van der Waals surface area contributed by atoms with E-state index in [2.05, 4.69) is 16.5 Å². The lowest BCUT2D eigenvalue weighted by atomic mass is 10.2. The number of H-pyrrole nitrogens is 1. The highest BCUT2D eigenvalue weighted by Gasteiger charge is 2.01. The molecule has 0 saturated carbocycles. The zero-order valence-corrected chi connectivity index (χ0v) is 7.37. The standard InChI is InChI=1S/C9H11N3O/c1-3-4-5-7-6(2)8(10)12-9(13)11-7/h3-5H,1H2,2H3,(H3,10,11,12,13)/b5-4-. The first-order valence-electron chi connectivity index (χ1n) is 3.80. The molecule has 0 aliphatic heterocycles. The van der Waals surface area contributed by atoms with Crippen molar-refractivity contribution in [3.05, 3.63) is 40.5 Å². The Balaban J connectivity index is 3.28. The van der Waals surface area contributed by atoms with Gasteiger partial charge >= 0.3 is 5.69 Å². The van der Waals surface area contributed by atoms with E-state index in [9.17, 15) is 4.79 Å². The lowest BCUT2D eigenvalue weighted by Gasteiger charge is -2.01. The highest BCUT2D eigenvalue weighted by molar-refractivity contribution is 5.56. The summed E-state index contributed by atoms with van der Waals surface area (Å²) in [6.45, 7) is 5.32. The van der Waals surface area contributed by atoms with Crippen molar-refractivity contribution in [3.8, 4) is 0 Å². The van der Waals surface area contributed by atoms with E-state index in [-0.39, 0.29) is 5.82 Å². The monoisotopic (exact) mass is 177 g/mol. The second-order valence-electron chi connectivity index (χ2n) is 2.56. The molecule has 0 aliphatic rings. The minimum Gasteiger partial charge on any atom is -0.383 e. The minimum absolute atomic E-state index is 0.257. The van der Waals surface area contributed by atoms with Crippen LogP contribution in [0.3, 0.4) is 0 Å². The number of nitrogen functional groups attached to an aromatic ring is 1. The van der Waals surface area contributed by atoms with Gasteiger partial charge in [-0.15, -0.1) is 0 Å². The molecule has 1 rings (SSSR count). The maximum Gasteiger partial charge on any atom is 0.347 e. The van der Waals surface area contributed by atoms with Crippen LogP contribution in [0, 0.1) is 6.92 Å². The number of nitrogens with zero attached hydrogens (tertiary/aromatic N) is 1. The summed E-state index contributed by atoms with van der Waals surface area (Å²) < 4.78 is 0. The van der Waals surface area contributed by atoms with Crippen molar-refractivity contribution in [2.75, 3.05) is 5.73 Å². The fourth-order valence-electron chi connectivity index (χ4n) is 0.899. The largest absolute Gasteiger partial charge is 0.383 e. The van der Waals surface area contributed by atoms with E-state index >= 15 is 0 Å². The van der Waals surface area contributed by atoms with Gasteiger partial charge in [-0.2, -0.15) is 4.98 Å². The van der Waals surface area contributed by atoms with E-state index in [1.54, 1.807) is 25.2 Å². The Labute approximate surface area is 75.8 Å². The van der Waals surface area contributed by atoms with Gasteiger partial charge in [0.25, 0.3) is 0 Å². The Hall–Kier alpha value is -1.84. The fraction of sp³-hybridized carbons (Fsp3) is 0.111. The van der Waals surface area contributed by atoms with Crippen LogP contribution in [0.1, 0.15) is 11.3 Å². The van der Waals surface area contributed by atoms with E-state index in [0.29, 0.717) is 5.69 Å². The molecule has 0 aliphatic carbocycles. The summed E-state index contributed by atoms with van der Waals surface area (Å²) >= 11 is 0. The molecule has 4 heteroatoms. The predicted molar refractivity (Wildman–Crippen MR) is 53.2 cm³/mol. The number of anilines is 1. The number of rotatable bonds is 2. The van der Waals surface area contributed by atoms with Crippen molar-refractivity contribution in [2.45, 2.75) is 6.92 Å². The molecular weight excluding hydrogens is 166 g/mol. The highest BCUT2D eigenvalue weighted by atomic mass is 16.1. The second-order valence-corrected chi connectivity index (χ2v) is 2.56. The van der Waals surface area contributed by atoms with Crippen LogP contribution in [0.15, 0.2) is 23.5 Å². The molecule has 0 aromatic carbocycles. The van der Waals surface area contributed by atoms with Crippen LogP contribution >= 0.6 is 0 Å². The number of hydrogen-bond acceptors (Lipinski definition) is 3. The summed E-state index contributed by atoms with van der Waals surface area (Å²) in [6, 6.07) is 0. The number of aromatic nitrogens is 2. The van der Waals surface area contributed by atoms with Crippen LogP contribution in [0.5, 0.6) is 0 Å². The summed E-state index contributed by atoms with van der Waals surface area (Å²) in [4.78, 5) is 17.0. The highest BCUT2D eigenvalue weighted by Crippen LogP contribution is 2.09. The van der Waals surface area contributed by atoms with E-state index in [0.717, 1.165) is 5.56 Å². The number of nitrogens with two attached hydrogens (primary N) is 1. The number of hydrogen-bond donors (Lipinski definition) is 2. The molecule has 0 saturated heterocycles. The molecular formula is C9H11N3O. The Morgan fingerprint density at radius 3 is 2.92 bits per heavy atom. The zero-order chi connectivity index (χ0) is 9.84. The van der Waals surface area contributed by atoms with Crippen molar-refractivity contribution < 1.29 is 0 Å². The van der Waals surface area contributed by atoms with Gasteiger partial charge < -0.3 is 10.7 Å². The van der Waals surface area contributed by atoms with Gasteiger partial charge in [0.2, 0.25) is 0 Å². The smallest absolute Gasteiger partial charge is 0.347 e. The van der Waals surface area contributed by atoms with Crippen molar-refractivity contribution in [3.63, 3.8) is 0 Å². The molecule has 0 radical (unpaired) electrons. The summed E-state index contributed by atoms with van der Waals surface area (Å²) in [5.41, 5.74) is 6.49. The van der Waals surface area contributed by atoms with Crippen LogP contribution in [0.2, 0.25) is 0 Å². The molecule has 4 nitrogen and oxygen atoms in total. The van der Waals surface area contributed by atoms with Gasteiger partial charge in [-0.3, -0.25) is 0 Å². The van der Waals surface area contributed by atoms with E-state index in [1.165, 1.54) is 0 Å². The summed E-state index contributed by atoms with van der Waals surface area (Å²) in [5.74, 6) is 0.257. The number of allylic oxidation sites excluding steroid dienone is 2. The van der Waals surface area contributed by atoms with Gasteiger partial charge in [0.15, 0.2) is 0 Å². The van der Waals surface area contributed by atoms with Crippen molar-refractivity contribution in [2.24, 2.45) is 0 Å². The molecule has 0 atom stereocenters. The first-order valence-corrected chi connectivity index (χ1v) is 3.80. The molecule has 13 heavy (non-hydrogen) atoms. The Kier molecular flexibility index (Phi) is 2.64. The summed E-state index contributed by atoms with van der Waals surface area (Å²) in [7, 11) is 0. The SMILES string of the molecule is C=C/C=C\c1[nH]c(=O)nc(N)c1C. The average Bonchev–Trinajstić information content (AvgIpc) is 2.09. The molecule has 1 heterocycles. The first-order chi connectivity index (χ1) is 6.15. The third-order valence-electron chi connectivity index (χ3n) is 1.65. The molecule has 0 amide bonds. The van der Waals surface area contributed by atoms with Gasteiger partial charge in [0.05, 0.1) is 0 Å². The molecule has 1 aromatic heterocycles. The molecule has 1 aromatic rings. The maximum atomic E-state index is 10.9. The third kappa shape index (κ3) is 2.05. The summed E-state index contributed by atoms with van der Waals surface area (Å²) in [5, 5.41) is 0. The molecule has 0 bridgehead atoms. The number of aromatic amines is 1. The normalized spacial score (nSPS) is 10.5. The van der Waals surface area contributed by atoms with Gasteiger partial charge in [-0.05, 0) is 13.0 Å². The van der Waals surface area contributed by atoms with Crippen molar-refractivity contribution >= 4 is 11.9 Å². The molecule has 3 N–H and O–H groups in total. The first kappa shape index (κ1) is 9.25. The quantitative estimate of drug-likeness (QED) is 0.658.